The van der Waals surface area contributed by atoms with Gasteiger partial charge in [0.15, 0.2) is 0 Å². The van der Waals surface area contributed by atoms with Crippen LogP contribution in [0.5, 0.6) is 0 Å². The summed E-state index contributed by atoms with van der Waals surface area (Å²) in [6.07, 6.45) is 1.12. The summed E-state index contributed by atoms with van der Waals surface area (Å²) in [5, 5.41) is 6.42. The zero-order chi connectivity index (χ0) is 9.56. The van der Waals surface area contributed by atoms with E-state index in [0.29, 0.717) is 12.0 Å². The summed E-state index contributed by atoms with van der Waals surface area (Å²) >= 11 is 0. The number of hydrogen-bond donors (Lipinski definition) is 2. The maximum absolute atomic E-state index is 4.09. The Bertz CT molecular complexity index is 130. The molecule has 0 saturated carbocycles. The molecule has 0 heterocycles. The van der Waals surface area contributed by atoms with Gasteiger partial charge in [-0.2, -0.15) is 0 Å². The first-order chi connectivity index (χ1) is 5.63. The fourth-order valence-corrected chi connectivity index (χ4v) is 1.21. The minimum Gasteiger partial charge on any atom is -0.320 e. The van der Waals surface area contributed by atoms with Crippen LogP contribution in [0, 0.1) is 5.92 Å². The van der Waals surface area contributed by atoms with Gasteiger partial charge in [-0.05, 0) is 33.0 Å². The highest BCUT2D eigenvalue weighted by Gasteiger charge is 2.11. The molecule has 2 heteroatoms. The van der Waals surface area contributed by atoms with Gasteiger partial charge in [-0.15, -0.1) is 0 Å². The van der Waals surface area contributed by atoms with Crippen molar-refractivity contribution in [2.24, 2.45) is 5.92 Å². The van der Waals surface area contributed by atoms with Crippen LogP contribution in [0.3, 0.4) is 0 Å². The lowest BCUT2D eigenvalue weighted by Gasteiger charge is -2.21. The number of nitrogens with one attached hydrogen (secondary N) is 2. The van der Waals surface area contributed by atoms with Crippen molar-refractivity contribution in [1.29, 1.82) is 0 Å². The van der Waals surface area contributed by atoms with E-state index < -0.39 is 0 Å². The summed E-state index contributed by atoms with van der Waals surface area (Å²) in [6, 6.07) is 0.456. The molecule has 0 rings (SSSR count). The van der Waals surface area contributed by atoms with Crippen molar-refractivity contribution in [2.75, 3.05) is 20.6 Å². The van der Waals surface area contributed by atoms with Gasteiger partial charge in [0, 0.05) is 6.04 Å². The first-order valence-corrected chi connectivity index (χ1v) is 4.64. The van der Waals surface area contributed by atoms with E-state index in [1.807, 2.05) is 14.1 Å². The zero-order valence-corrected chi connectivity index (χ0v) is 8.78. The molecule has 0 bridgehead atoms. The largest absolute Gasteiger partial charge is 0.320 e. The number of rotatable bonds is 6. The van der Waals surface area contributed by atoms with Crippen LogP contribution in [-0.4, -0.2) is 26.7 Å². The molecule has 0 radical (unpaired) electrons. The van der Waals surface area contributed by atoms with Crippen LogP contribution in [0.2, 0.25) is 0 Å². The van der Waals surface area contributed by atoms with Crippen molar-refractivity contribution in [3.8, 4) is 0 Å². The summed E-state index contributed by atoms with van der Waals surface area (Å²) in [5.41, 5.74) is 1.30. The Balaban J connectivity index is 3.88. The second kappa shape index (κ2) is 6.21. The second-order valence-corrected chi connectivity index (χ2v) is 3.46. The molecule has 0 aromatic carbocycles. The summed E-state index contributed by atoms with van der Waals surface area (Å²) in [4.78, 5) is 0. The summed E-state index contributed by atoms with van der Waals surface area (Å²) in [5.74, 6) is 0.569. The van der Waals surface area contributed by atoms with Gasteiger partial charge < -0.3 is 10.6 Å². The molecule has 2 N–H and O–H groups in total. The lowest BCUT2D eigenvalue weighted by Crippen LogP contribution is -2.32. The minimum atomic E-state index is 0.456. The molecule has 72 valence electrons. The standard InChI is InChI=1S/C10H22N2/c1-8(2)9(3)10(12-5)6-7-11-4/h8,10-12H,3,6-7H2,1-2,4-5H3. The Hall–Kier alpha value is -0.340. The van der Waals surface area contributed by atoms with Gasteiger partial charge in [0.25, 0.3) is 0 Å². The highest BCUT2D eigenvalue weighted by molar-refractivity contribution is 5.07. The predicted molar refractivity (Wildman–Crippen MR) is 55.4 cm³/mol. The fourth-order valence-electron chi connectivity index (χ4n) is 1.21. The highest BCUT2D eigenvalue weighted by atomic mass is 14.9. The Morgan fingerprint density at radius 1 is 1.33 bits per heavy atom. The molecular weight excluding hydrogens is 148 g/mol. The van der Waals surface area contributed by atoms with Crippen LogP contribution in [0.1, 0.15) is 20.3 Å². The normalized spacial score (nSPS) is 13.4. The predicted octanol–water partition coefficient (Wildman–Crippen LogP) is 1.40. The average molecular weight is 170 g/mol. The van der Waals surface area contributed by atoms with E-state index in [-0.39, 0.29) is 0 Å². The number of likely N-dealkylation sites (N-methyl/N-ethyl adjacent to an activating group) is 1. The van der Waals surface area contributed by atoms with Crippen LogP contribution >= 0.6 is 0 Å². The minimum absolute atomic E-state index is 0.456. The summed E-state index contributed by atoms with van der Waals surface area (Å²) < 4.78 is 0. The van der Waals surface area contributed by atoms with Crippen LogP contribution in [0.25, 0.3) is 0 Å². The lowest BCUT2D eigenvalue weighted by atomic mass is 9.95. The van der Waals surface area contributed by atoms with E-state index in [1.54, 1.807) is 0 Å². The topological polar surface area (TPSA) is 24.1 Å². The Kier molecular flexibility index (Phi) is 6.03. The molecule has 0 spiro atoms. The molecule has 0 aromatic heterocycles. The Morgan fingerprint density at radius 3 is 2.25 bits per heavy atom. The molecule has 12 heavy (non-hydrogen) atoms. The van der Waals surface area contributed by atoms with Crippen molar-refractivity contribution in [2.45, 2.75) is 26.3 Å². The third kappa shape index (κ3) is 3.88. The van der Waals surface area contributed by atoms with Crippen LogP contribution in [0.4, 0.5) is 0 Å². The van der Waals surface area contributed by atoms with E-state index >= 15 is 0 Å². The van der Waals surface area contributed by atoms with E-state index in [2.05, 4.69) is 31.1 Å². The highest BCUT2D eigenvalue weighted by Crippen LogP contribution is 2.13. The summed E-state index contributed by atoms with van der Waals surface area (Å²) in [6.45, 7) is 9.50. The van der Waals surface area contributed by atoms with E-state index in [1.165, 1.54) is 5.57 Å². The zero-order valence-electron chi connectivity index (χ0n) is 8.78. The molecule has 0 aliphatic carbocycles. The molecule has 2 nitrogen and oxygen atoms in total. The maximum Gasteiger partial charge on any atom is 0.0288 e. The molecular formula is C10H22N2. The lowest BCUT2D eigenvalue weighted by molar-refractivity contribution is 0.524. The van der Waals surface area contributed by atoms with Crippen molar-refractivity contribution in [3.63, 3.8) is 0 Å². The smallest absolute Gasteiger partial charge is 0.0288 e. The molecule has 1 atom stereocenters. The van der Waals surface area contributed by atoms with Gasteiger partial charge in [0.05, 0.1) is 0 Å². The van der Waals surface area contributed by atoms with Gasteiger partial charge in [0.1, 0.15) is 0 Å². The van der Waals surface area contributed by atoms with Crippen LogP contribution in [-0.2, 0) is 0 Å². The molecule has 0 aliphatic heterocycles. The molecule has 0 aromatic rings. The third-order valence-corrected chi connectivity index (χ3v) is 2.22. The van der Waals surface area contributed by atoms with Crippen LogP contribution in [0.15, 0.2) is 12.2 Å². The Labute approximate surface area is 76.4 Å². The van der Waals surface area contributed by atoms with Gasteiger partial charge >= 0.3 is 0 Å². The summed E-state index contributed by atoms with van der Waals surface area (Å²) in [7, 11) is 3.97. The quantitative estimate of drug-likeness (QED) is 0.589. The average Bonchev–Trinajstić information content (AvgIpc) is 2.05. The van der Waals surface area contributed by atoms with E-state index in [9.17, 15) is 0 Å². The monoisotopic (exact) mass is 170 g/mol. The molecule has 0 amide bonds. The van der Waals surface area contributed by atoms with Crippen LogP contribution < -0.4 is 10.6 Å². The first kappa shape index (κ1) is 11.7. The van der Waals surface area contributed by atoms with Gasteiger partial charge in [-0.25, -0.2) is 0 Å². The molecule has 0 fully saturated rings. The van der Waals surface area contributed by atoms with E-state index in [4.69, 9.17) is 0 Å². The molecule has 1 unspecified atom stereocenters. The third-order valence-electron chi connectivity index (χ3n) is 2.22. The van der Waals surface area contributed by atoms with Gasteiger partial charge in [-0.1, -0.05) is 26.0 Å². The van der Waals surface area contributed by atoms with Gasteiger partial charge in [0.2, 0.25) is 0 Å². The van der Waals surface area contributed by atoms with Crippen molar-refractivity contribution in [3.05, 3.63) is 12.2 Å². The second-order valence-electron chi connectivity index (χ2n) is 3.46. The van der Waals surface area contributed by atoms with Gasteiger partial charge in [-0.3, -0.25) is 0 Å². The molecule has 0 aliphatic rings. The maximum atomic E-state index is 4.09. The SMILES string of the molecule is C=C(C(C)C)C(CCNC)NC. The van der Waals surface area contributed by atoms with Crippen molar-refractivity contribution in [1.82, 2.24) is 10.6 Å². The van der Waals surface area contributed by atoms with E-state index in [0.717, 1.165) is 13.0 Å². The Morgan fingerprint density at radius 2 is 1.92 bits per heavy atom. The van der Waals surface area contributed by atoms with Crippen molar-refractivity contribution < 1.29 is 0 Å². The first-order valence-electron chi connectivity index (χ1n) is 4.64. The number of hydrogen-bond acceptors (Lipinski definition) is 2. The fraction of sp³-hybridized carbons (Fsp3) is 0.800. The van der Waals surface area contributed by atoms with Crippen molar-refractivity contribution >= 4 is 0 Å². The molecule has 0 saturated heterocycles.